The van der Waals surface area contributed by atoms with Gasteiger partial charge in [-0.2, -0.15) is 0 Å². The van der Waals surface area contributed by atoms with E-state index in [1.807, 2.05) is 0 Å². The van der Waals surface area contributed by atoms with Crippen molar-refractivity contribution in [2.45, 2.75) is 26.3 Å². The Kier molecular flexibility index (Phi) is 7.01. The SMILES string of the molecule is CCCCOCCNCc1c(O)cccc1Cl. The molecule has 3 nitrogen and oxygen atoms in total. The zero-order valence-corrected chi connectivity index (χ0v) is 11.0. The van der Waals surface area contributed by atoms with Crippen molar-refractivity contribution in [2.75, 3.05) is 19.8 Å². The fourth-order valence-electron chi connectivity index (χ4n) is 1.43. The molecule has 2 N–H and O–H groups in total. The number of halogens is 1. The Balaban J connectivity index is 2.18. The third-order valence-electron chi connectivity index (χ3n) is 2.46. The van der Waals surface area contributed by atoms with Crippen LogP contribution in [0.15, 0.2) is 18.2 Å². The number of hydrogen-bond acceptors (Lipinski definition) is 3. The lowest BCUT2D eigenvalue weighted by atomic mass is 10.2. The number of unbranched alkanes of at least 4 members (excludes halogenated alkanes) is 1. The molecule has 0 radical (unpaired) electrons. The molecule has 17 heavy (non-hydrogen) atoms. The largest absolute Gasteiger partial charge is 0.508 e. The number of hydrogen-bond donors (Lipinski definition) is 2. The highest BCUT2D eigenvalue weighted by Crippen LogP contribution is 2.24. The Hall–Kier alpha value is -0.770. The van der Waals surface area contributed by atoms with Crippen LogP contribution in [0.25, 0.3) is 0 Å². The summed E-state index contributed by atoms with van der Waals surface area (Å²) in [4.78, 5) is 0. The molecule has 1 rings (SSSR count). The topological polar surface area (TPSA) is 41.5 Å². The van der Waals surface area contributed by atoms with Crippen LogP contribution in [0.3, 0.4) is 0 Å². The molecule has 96 valence electrons. The Morgan fingerprint density at radius 1 is 1.35 bits per heavy atom. The van der Waals surface area contributed by atoms with Gasteiger partial charge in [0.15, 0.2) is 0 Å². The predicted molar refractivity (Wildman–Crippen MR) is 70.6 cm³/mol. The van der Waals surface area contributed by atoms with Crippen molar-refractivity contribution >= 4 is 11.6 Å². The second-order valence-electron chi connectivity index (χ2n) is 3.88. The minimum absolute atomic E-state index is 0.233. The van der Waals surface area contributed by atoms with Gasteiger partial charge >= 0.3 is 0 Å². The molecule has 1 aromatic rings. The molecule has 0 aliphatic carbocycles. The summed E-state index contributed by atoms with van der Waals surface area (Å²) in [6, 6.07) is 5.14. The van der Waals surface area contributed by atoms with Gasteiger partial charge in [-0.15, -0.1) is 0 Å². The summed E-state index contributed by atoms with van der Waals surface area (Å²) in [6.07, 6.45) is 2.26. The van der Waals surface area contributed by atoms with Crippen LogP contribution in [-0.4, -0.2) is 24.9 Å². The fourth-order valence-corrected chi connectivity index (χ4v) is 1.66. The van der Waals surface area contributed by atoms with Crippen molar-refractivity contribution in [3.63, 3.8) is 0 Å². The van der Waals surface area contributed by atoms with Crippen LogP contribution in [0.4, 0.5) is 0 Å². The monoisotopic (exact) mass is 257 g/mol. The van der Waals surface area contributed by atoms with E-state index >= 15 is 0 Å². The molecule has 0 fully saturated rings. The first kappa shape index (κ1) is 14.3. The molecular formula is C13H20ClNO2. The smallest absolute Gasteiger partial charge is 0.121 e. The van der Waals surface area contributed by atoms with E-state index in [2.05, 4.69) is 12.2 Å². The van der Waals surface area contributed by atoms with Crippen LogP contribution in [0, 0.1) is 0 Å². The summed E-state index contributed by atoms with van der Waals surface area (Å²) in [6.45, 7) is 4.96. The second-order valence-corrected chi connectivity index (χ2v) is 4.29. The molecule has 0 saturated carbocycles. The standard InChI is InChI=1S/C13H20ClNO2/c1-2-3-8-17-9-7-15-10-11-12(14)5-4-6-13(11)16/h4-6,15-16H,2-3,7-10H2,1H3. The van der Waals surface area contributed by atoms with E-state index in [-0.39, 0.29) is 5.75 Å². The summed E-state index contributed by atoms with van der Waals surface area (Å²) < 4.78 is 5.41. The van der Waals surface area contributed by atoms with Crippen molar-refractivity contribution in [2.24, 2.45) is 0 Å². The first-order chi connectivity index (χ1) is 8.25. The summed E-state index contributed by atoms with van der Waals surface area (Å²) in [5, 5.41) is 13.4. The van der Waals surface area contributed by atoms with Gasteiger partial charge in [0.2, 0.25) is 0 Å². The number of ether oxygens (including phenoxy) is 1. The quantitative estimate of drug-likeness (QED) is 0.704. The highest BCUT2D eigenvalue weighted by molar-refractivity contribution is 6.31. The molecule has 0 bridgehead atoms. The zero-order chi connectivity index (χ0) is 12.5. The Bertz CT molecular complexity index is 311. The van der Waals surface area contributed by atoms with Crippen molar-refractivity contribution in [3.8, 4) is 5.75 Å². The van der Waals surface area contributed by atoms with Gasteiger partial charge in [0.05, 0.1) is 6.61 Å². The number of phenolic OH excluding ortho intramolecular Hbond substituents is 1. The molecule has 0 spiro atoms. The Labute approximate surface area is 108 Å². The lowest BCUT2D eigenvalue weighted by Gasteiger charge is -2.08. The highest BCUT2D eigenvalue weighted by atomic mass is 35.5. The minimum Gasteiger partial charge on any atom is -0.508 e. The van der Waals surface area contributed by atoms with Crippen LogP contribution in [0.5, 0.6) is 5.75 Å². The van der Waals surface area contributed by atoms with Gasteiger partial charge in [0, 0.05) is 30.3 Å². The number of rotatable bonds is 8. The molecule has 0 saturated heterocycles. The van der Waals surface area contributed by atoms with E-state index in [0.717, 1.165) is 31.6 Å². The number of aromatic hydroxyl groups is 1. The lowest BCUT2D eigenvalue weighted by molar-refractivity contribution is 0.133. The van der Waals surface area contributed by atoms with Crippen molar-refractivity contribution in [3.05, 3.63) is 28.8 Å². The zero-order valence-electron chi connectivity index (χ0n) is 10.2. The molecule has 0 heterocycles. The summed E-state index contributed by atoms with van der Waals surface area (Å²) in [7, 11) is 0. The van der Waals surface area contributed by atoms with Crippen LogP contribution in [0.1, 0.15) is 25.3 Å². The normalized spacial score (nSPS) is 10.7. The van der Waals surface area contributed by atoms with E-state index in [9.17, 15) is 5.11 Å². The first-order valence-corrected chi connectivity index (χ1v) is 6.38. The summed E-state index contributed by atoms with van der Waals surface area (Å²) in [5.41, 5.74) is 0.739. The van der Waals surface area contributed by atoms with Crippen LogP contribution in [-0.2, 0) is 11.3 Å². The maximum atomic E-state index is 9.61. The van der Waals surface area contributed by atoms with Gasteiger partial charge in [-0.05, 0) is 18.6 Å². The van der Waals surface area contributed by atoms with Crippen molar-refractivity contribution in [1.29, 1.82) is 0 Å². The fraction of sp³-hybridized carbons (Fsp3) is 0.538. The van der Waals surface area contributed by atoms with Gasteiger partial charge in [0.25, 0.3) is 0 Å². The lowest BCUT2D eigenvalue weighted by Crippen LogP contribution is -2.19. The van der Waals surface area contributed by atoms with E-state index in [0.29, 0.717) is 18.2 Å². The molecule has 1 aromatic carbocycles. The molecule has 0 unspecified atom stereocenters. The molecule has 0 atom stereocenters. The molecule has 0 aliphatic rings. The third kappa shape index (κ3) is 5.39. The van der Waals surface area contributed by atoms with Gasteiger partial charge in [-0.3, -0.25) is 0 Å². The predicted octanol–water partition coefficient (Wildman–Crippen LogP) is 2.95. The van der Waals surface area contributed by atoms with E-state index < -0.39 is 0 Å². The number of benzene rings is 1. The maximum absolute atomic E-state index is 9.61. The van der Waals surface area contributed by atoms with E-state index in [1.165, 1.54) is 0 Å². The van der Waals surface area contributed by atoms with Crippen molar-refractivity contribution < 1.29 is 9.84 Å². The second kappa shape index (κ2) is 8.34. The molecule has 0 aromatic heterocycles. The van der Waals surface area contributed by atoms with Gasteiger partial charge in [0.1, 0.15) is 5.75 Å². The maximum Gasteiger partial charge on any atom is 0.121 e. The van der Waals surface area contributed by atoms with Crippen LogP contribution < -0.4 is 5.32 Å². The number of phenols is 1. The van der Waals surface area contributed by atoms with Gasteiger partial charge in [-0.25, -0.2) is 0 Å². The van der Waals surface area contributed by atoms with E-state index in [1.54, 1.807) is 18.2 Å². The van der Waals surface area contributed by atoms with E-state index in [4.69, 9.17) is 16.3 Å². The average molecular weight is 258 g/mol. The third-order valence-corrected chi connectivity index (χ3v) is 2.82. The molecule has 0 aliphatic heterocycles. The minimum atomic E-state index is 0.233. The van der Waals surface area contributed by atoms with Gasteiger partial charge < -0.3 is 15.2 Å². The summed E-state index contributed by atoms with van der Waals surface area (Å²) in [5.74, 6) is 0.233. The highest BCUT2D eigenvalue weighted by Gasteiger charge is 2.04. The Morgan fingerprint density at radius 3 is 2.88 bits per heavy atom. The van der Waals surface area contributed by atoms with Crippen LogP contribution in [0.2, 0.25) is 5.02 Å². The molecule has 4 heteroatoms. The van der Waals surface area contributed by atoms with Crippen molar-refractivity contribution in [1.82, 2.24) is 5.32 Å². The molecular weight excluding hydrogens is 238 g/mol. The van der Waals surface area contributed by atoms with Gasteiger partial charge in [-0.1, -0.05) is 31.0 Å². The Morgan fingerprint density at radius 2 is 2.18 bits per heavy atom. The first-order valence-electron chi connectivity index (χ1n) is 6.00. The average Bonchev–Trinajstić information content (AvgIpc) is 2.31. The number of nitrogens with one attached hydrogen (secondary N) is 1. The summed E-state index contributed by atoms with van der Waals surface area (Å²) >= 11 is 5.98. The molecule has 0 amide bonds. The van der Waals surface area contributed by atoms with Crippen LogP contribution >= 0.6 is 11.6 Å².